The topological polar surface area (TPSA) is 64.3 Å². The molecular weight excluding hydrogens is 228 g/mol. The smallest absolute Gasteiger partial charge is 0.251 e. The lowest BCUT2D eigenvalue weighted by Crippen LogP contribution is -2.28. The van der Waals surface area contributed by atoms with Crippen molar-refractivity contribution in [3.8, 4) is 5.75 Å². The van der Waals surface area contributed by atoms with E-state index in [9.17, 15) is 4.79 Å². The molecule has 0 aliphatic rings. The van der Waals surface area contributed by atoms with Gasteiger partial charge in [-0.2, -0.15) is 0 Å². The Morgan fingerprint density at radius 1 is 1.33 bits per heavy atom. The maximum absolute atomic E-state index is 11.6. The van der Waals surface area contributed by atoms with Crippen LogP contribution in [-0.4, -0.2) is 25.6 Å². The Bertz CT molecular complexity index is 361. The zero-order valence-corrected chi connectivity index (χ0v) is 11.1. The van der Waals surface area contributed by atoms with E-state index < -0.39 is 0 Å². The van der Waals surface area contributed by atoms with Gasteiger partial charge in [0.15, 0.2) is 0 Å². The van der Waals surface area contributed by atoms with Gasteiger partial charge in [-0.3, -0.25) is 4.79 Å². The van der Waals surface area contributed by atoms with Crippen molar-refractivity contribution < 1.29 is 9.53 Å². The average molecular weight is 250 g/mol. The van der Waals surface area contributed by atoms with E-state index in [4.69, 9.17) is 10.5 Å². The highest BCUT2D eigenvalue weighted by Gasteiger charge is 2.04. The van der Waals surface area contributed by atoms with Crippen molar-refractivity contribution in [2.24, 2.45) is 11.7 Å². The van der Waals surface area contributed by atoms with Gasteiger partial charge in [-0.1, -0.05) is 13.8 Å². The first-order valence-corrected chi connectivity index (χ1v) is 6.34. The molecule has 1 rings (SSSR count). The number of benzene rings is 1. The molecule has 0 aromatic heterocycles. The predicted octanol–water partition coefficient (Wildman–Crippen LogP) is 1.80. The molecule has 1 aromatic rings. The summed E-state index contributed by atoms with van der Waals surface area (Å²) in [4.78, 5) is 11.6. The second-order valence-electron chi connectivity index (χ2n) is 4.60. The third-order valence-electron chi connectivity index (χ3n) is 2.51. The van der Waals surface area contributed by atoms with Crippen LogP contribution >= 0.6 is 0 Å². The van der Waals surface area contributed by atoms with Crippen LogP contribution < -0.4 is 15.8 Å². The first-order valence-electron chi connectivity index (χ1n) is 6.34. The highest BCUT2D eigenvalue weighted by molar-refractivity contribution is 5.94. The molecule has 100 valence electrons. The molecule has 4 heteroatoms. The normalized spacial score (nSPS) is 10.4. The molecule has 18 heavy (non-hydrogen) atoms. The van der Waals surface area contributed by atoms with Crippen molar-refractivity contribution in [3.05, 3.63) is 29.8 Å². The maximum atomic E-state index is 11.6. The molecule has 0 heterocycles. The molecule has 0 atom stereocenters. The molecule has 0 saturated carbocycles. The summed E-state index contributed by atoms with van der Waals surface area (Å²) < 4.78 is 5.58. The predicted molar refractivity (Wildman–Crippen MR) is 72.8 cm³/mol. The van der Waals surface area contributed by atoms with Crippen LogP contribution in [0.4, 0.5) is 0 Å². The SMILES string of the molecule is CC(C)CCOc1ccc(C(=O)NCCN)cc1. The summed E-state index contributed by atoms with van der Waals surface area (Å²) >= 11 is 0. The minimum Gasteiger partial charge on any atom is -0.494 e. The first-order chi connectivity index (χ1) is 8.63. The second kappa shape index (κ2) is 7.71. The van der Waals surface area contributed by atoms with Gasteiger partial charge in [0.05, 0.1) is 6.61 Å². The number of carbonyl (C=O) groups is 1. The van der Waals surface area contributed by atoms with Crippen molar-refractivity contribution in [2.75, 3.05) is 19.7 Å². The van der Waals surface area contributed by atoms with Crippen LogP contribution in [0.15, 0.2) is 24.3 Å². The Hall–Kier alpha value is -1.55. The Morgan fingerprint density at radius 3 is 2.56 bits per heavy atom. The quantitative estimate of drug-likeness (QED) is 0.775. The Balaban J connectivity index is 2.44. The van der Waals surface area contributed by atoms with Crippen molar-refractivity contribution in [3.63, 3.8) is 0 Å². The Kier molecular flexibility index (Phi) is 6.22. The molecule has 0 bridgehead atoms. The molecule has 3 N–H and O–H groups in total. The molecule has 1 amide bonds. The van der Waals surface area contributed by atoms with Crippen LogP contribution in [0.3, 0.4) is 0 Å². The molecule has 4 nitrogen and oxygen atoms in total. The molecule has 1 aromatic carbocycles. The van der Waals surface area contributed by atoms with E-state index in [0.29, 0.717) is 31.2 Å². The fourth-order valence-electron chi connectivity index (χ4n) is 1.40. The number of amides is 1. The first kappa shape index (κ1) is 14.5. The summed E-state index contributed by atoms with van der Waals surface area (Å²) in [5.74, 6) is 1.33. The minimum absolute atomic E-state index is 0.103. The third-order valence-corrected chi connectivity index (χ3v) is 2.51. The Morgan fingerprint density at radius 2 is 2.00 bits per heavy atom. The van der Waals surface area contributed by atoms with Crippen LogP contribution in [0.2, 0.25) is 0 Å². The standard InChI is InChI=1S/C14H22N2O2/c1-11(2)7-10-18-13-5-3-12(4-6-13)14(17)16-9-8-15/h3-6,11H,7-10,15H2,1-2H3,(H,16,17). The zero-order chi connectivity index (χ0) is 13.4. The van der Waals surface area contributed by atoms with Crippen LogP contribution in [-0.2, 0) is 0 Å². The summed E-state index contributed by atoms with van der Waals surface area (Å²) in [6, 6.07) is 7.16. The summed E-state index contributed by atoms with van der Waals surface area (Å²) in [7, 11) is 0. The molecule has 0 saturated heterocycles. The van der Waals surface area contributed by atoms with Gasteiger partial charge < -0.3 is 15.8 Å². The van der Waals surface area contributed by atoms with Gasteiger partial charge in [-0.25, -0.2) is 0 Å². The van der Waals surface area contributed by atoms with Crippen LogP contribution in [0.25, 0.3) is 0 Å². The van der Waals surface area contributed by atoms with E-state index >= 15 is 0 Å². The molecule has 0 unspecified atom stereocenters. The van der Waals surface area contributed by atoms with E-state index in [1.807, 2.05) is 12.1 Å². The second-order valence-corrected chi connectivity index (χ2v) is 4.60. The molecule has 0 radical (unpaired) electrons. The lowest BCUT2D eigenvalue weighted by atomic mass is 10.1. The molecular formula is C14H22N2O2. The van der Waals surface area contributed by atoms with Gasteiger partial charge >= 0.3 is 0 Å². The van der Waals surface area contributed by atoms with Crippen molar-refractivity contribution in [1.29, 1.82) is 0 Å². The number of nitrogens with one attached hydrogen (secondary N) is 1. The number of ether oxygens (including phenoxy) is 1. The Labute approximate surface area is 109 Å². The number of carbonyl (C=O) groups excluding carboxylic acids is 1. The van der Waals surface area contributed by atoms with E-state index in [-0.39, 0.29) is 5.91 Å². The van der Waals surface area contributed by atoms with Crippen LogP contribution in [0, 0.1) is 5.92 Å². The zero-order valence-electron chi connectivity index (χ0n) is 11.1. The maximum Gasteiger partial charge on any atom is 0.251 e. The fraction of sp³-hybridized carbons (Fsp3) is 0.500. The van der Waals surface area contributed by atoms with Crippen molar-refractivity contribution in [1.82, 2.24) is 5.32 Å². The summed E-state index contributed by atoms with van der Waals surface area (Å²) in [5.41, 5.74) is 5.95. The van der Waals surface area contributed by atoms with Crippen molar-refractivity contribution >= 4 is 5.91 Å². The van der Waals surface area contributed by atoms with E-state index in [1.54, 1.807) is 12.1 Å². The van der Waals surface area contributed by atoms with Gasteiger partial charge in [-0.15, -0.1) is 0 Å². The average Bonchev–Trinajstić information content (AvgIpc) is 2.36. The van der Waals surface area contributed by atoms with Crippen LogP contribution in [0.1, 0.15) is 30.6 Å². The van der Waals surface area contributed by atoms with Gasteiger partial charge in [0.2, 0.25) is 0 Å². The van der Waals surface area contributed by atoms with Gasteiger partial charge in [-0.05, 0) is 36.6 Å². The van der Waals surface area contributed by atoms with Gasteiger partial charge in [0.25, 0.3) is 5.91 Å². The van der Waals surface area contributed by atoms with E-state index in [2.05, 4.69) is 19.2 Å². The van der Waals surface area contributed by atoms with Crippen LogP contribution in [0.5, 0.6) is 5.75 Å². The van der Waals surface area contributed by atoms with E-state index in [1.165, 1.54) is 0 Å². The number of hydrogen-bond acceptors (Lipinski definition) is 3. The van der Waals surface area contributed by atoms with Crippen molar-refractivity contribution in [2.45, 2.75) is 20.3 Å². The summed E-state index contributed by atoms with van der Waals surface area (Å²) in [6.45, 7) is 5.96. The number of hydrogen-bond donors (Lipinski definition) is 2. The molecule has 0 aliphatic carbocycles. The lowest BCUT2D eigenvalue weighted by molar-refractivity contribution is 0.0954. The third kappa shape index (κ3) is 5.19. The van der Waals surface area contributed by atoms with Gasteiger partial charge in [0.1, 0.15) is 5.75 Å². The fourth-order valence-corrected chi connectivity index (χ4v) is 1.40. The highest BCUT2D eigenvalue weighted by Crippen LogP contribution is 2.13. The minimum atomic E-state index is -0.103. The number of rotatable bonds is 7. The van der Waals surface area contributed by atoms with Gasteiger partial charge in [0, 0.05) is 18.7 Å². The highest BCUT2D eigenvalue weighted by atomic mass is 16.5. The monoisotopic (exact) mass is 250 g/mol. The molecule has 0 fully saturated rings. The lowest BCUT2D eigenvalue weighted by Gasteiger charge is -2.09. The largest absolute Gasteiger partial charge is 0.494 e. The molecule has 0 spiro atoms. The number of nitrogens with two attached hydrogens (primary N) is 1. The summed E-state index contributed by atoms with van der Waals surface area (Å²) in [6.07, 6.45) is 1.03. The molecule has 0 aliphatic heterocycles. The summed E-state index contributed by atoms with van der Waals surface area (Å²) in [5, 5.41) is 2.72. The van der Waals surface area contributed by atoms with E-state index in [0.717, 1.165) is 12.2 Å².